The molecule has 110 valence electrons. The average molecular weight is 281 g/mol. The van der Waals surface area contributed by atoms with E-state index in [9.17, 15) is 9.59 Å². The van der Waals surface area contributed by atoms with Crippen molar-refractivity contribution in [3.63, 3.8) is 0 Å². The highest BCUT2D eigenvalue weighted by atomic mass is 16.5. The van der Waals surface area contributed by atoms with Gasteiger partial charge in [0.05, 0.1) is 18.8 Å². The van der Waals surface area contributed by atoms with E-state index in [1.807, 2.05) is 6.92 Å². The Bertz CT molecular complexity index is 473. The Labute approximate surface area is 117 Å². The van der Waals surface area contributed by atoms with Gasteiger partial charge in [0.25, 0.3) is 0 Å². The predicted octanol–water partition coefficient (Wildman–Crippen LogP) is 1.68. The van der Waals surface area contributed by atoms with Crippen LogP contribution >= 0.6 is 0 Å². The van der Waals surface area contributed by atoms with Crippen molar-refractivity contribution in [3.8, 4) is 0 Å². The van der Waals surface area contributed by atoms with Gasteiger partial charge < -0.3 is 19.9 Å². The van der Waals surface area contributed by atoms with Crippen LogP contribution in [0.25, 0.3) is 0 Å². The van der Waals surface area contributed by atoms with Crippen molar-refractivity contribution in [2.24, 2.45) is 0 Å². The first kappa shape index (κ1) is 16.1. The number of carbonyl (C=O) groups is 2. The van der Waals surface area contributed by atoms with Gasteiger partial charge >= 0.3 is 5.97 Å². The Morgan fingerprint density at radius 2 is 1.95 bits per heavy atom. The van der Waals surface area contributed by atoms with Crippen LogP contribution in [0.4, 0.5) is 5.69 Å². The number of aryl methyl sites for hydroxylation is 1. The molecule has 1 aromatic rings. The van der Waals surface area contributed by atoms with Crippen molar-refractivity contribution in [3.05, 3.63) is 29.3 Å². The summed E-state index contributed by atoms with van der Waals surface area (Å²) in [5.41, 5.74) is 1.25. The second kappa shape index (κ2) is 8.29. The molecule has 0 saturated carbocycles. The molecule has 0 aliphatic carbocycles. The maximum atomic E-state index is 11.6. The smallest absolute Gasteiger partial charge is 0.336 e. The number of carbonyl (C=O) groups excluding carboxylic acids is 1. The fraction of sp³-hybridized carbons (Fsp3) is 0.429. The normalized spacial score (nSPS) is 10.3. The van der Waals surface area contributed by atoms with Gasteiger partial charge in [0, 0.05) is 12.3 Å². The third-order valence-electron chi connectivity index (χ3n) is 2.56. The van der Waals surface area contributed by atoms with Crippen molar-refractivity contribution in [1.82, 2.24) is 0 Å². The van der Waals surface area contributed by atoms with Gasteiger partial charge in [-0.3, -0.25) is 4.79 Å². The summed E-state index contributed by atoms with van der Waals surface area (Å²) in [5.74, 6) is -1.35. The lowest BCUT2D eigenvalue weighted by Gasteiger charge is -2.08. The molecule has 0 bridgehead atoms. The molecule has 2 N–H and O–H groups in total. The lowest BCUT2D eigenvalue weighted by Crippen LogP contribution is -2.20. The molecular weight excluding hydrogens is 262 g/mol. The zero-order chi connectivity index (χ0) is 15.0. The average Bonchev–Trinajstić information content (AvgIpc) is 2.40. The Balaban J connectivity index is 2.46. The van der Waals surface area contributed by atoms with Crippen LogP contribution in [0.1, 0.15) is 22.8 Å². The highest BCUT2D eigenvalue weighted by Crippen LogP contribution is 2.15. The first-order valence-corrected chi connectivity index (χ1v) is 6.34. The summed E-state index contributed by atoms with van der Waals surface area (Å²) >= 11 is 0. The van der Waals surface area contributed by atoms with Crippen molar-refractivity contribution >= 4 is 17.6 Å². The number of carboxylic acids is 1. The maximum absolute atomic E-state index is 11.6. The largest absolute Gasteiger partial charge is 0.478 e. The van der Waals surface area contributed by atoms with Crippen LogP contribution in [0.5, 0.6) is 0 Å². The molecule has 20 heavy (non-hydrogen) atoms. The van der Waals surface area contributed by atoms with Crippen LogP contribution in [0.2, 0.25) is 0 Å². The van der Waals surface area contributed by atoms with E-state index in [1.165, 1.54) is 6.07 Å². The van der Waals surface area contributed by atoms with Gasteiger partial charge in [-0.15, -0.1) is 0 Å². The molecular formula is C14H19NO5. The molecule has 0 fully saturated rings. The van der Waals surface area contributed by atoms with Gasteiger partial charge in [0.2, 0.25) is 5.91 Å². The summed E-state index contributed by atoms with van der Waals surface area (Å²) in [4.78, 5) is 22.6. The Hall–Kier alpha value is -1.92. The minimum Gasteiger partial charge on any atom is -0.478 e. The SMILES string of the molecule is CCOCCOCC(=O)Nc1ccc(C)c(C(=O)O)c1. The topological polar surface area (TPSA) is 84.9 Å². The predicted molar refractivity (Wildman–Crippen MR) is 74.1 cm³/mol. The van der Waals surface area contributed by atoms with E-state index in [1.54, 1.807) is 19.1 Å². The van der Waals surface area contributed by atoms with E-state index >= 15 is 0 Å². The Kier molecular flexibility index (Phi) is 6.69. The molecule has 0 aromatic heterocycles. The number of aromatic carboxylic acids is 1. The van der Waals surface area contributed by atoms with E-state index < -0.39 is 5.97 Å². The molecule has 0 aliphatic heterocycles. The first-order chi connectivity index (χ1) is 9.54. The maximum Gasteiger partial charge on any atom is 0.336 e. The summed E-state index contributed by atoms with van der Waals surface area (Å²) in [6.45, 7) is 4.88. The van der Waals surface area contributed by atoms with Crippen LogP contribution in [-0.4, -0.2) is 43.4 Å². The Morgan fingerprint density at radius 1 is 1.25 bits per heavy atom. The molecule has 0 heterocycles. The minimum atomic E-state index is -1.02. The highest BCUT2D eigenvalue weighted by molar-refractivity contribution is 5.95. The van der Waals surface area contributed by atoms with E-state index in [0.717, 1.165) is 0 Å². The second-order valence-electron chi connectivity index (χ2n) is 4.13. The van der Waals surface area contributed by atoms with Gasteiger partial charge in [0.15, 0.2) is 0 Å². The molecule has 0 atom stereocenters. The number of benzene rings is 1. The number of rotatable bonds is 8. The molecule has 0 unspecified atom stereocenters. The Morgan fingerprint density at radius 3 is 2.60 bits per heavy atom. The van der Waals surface area contributed by atoms with Crippen molar-refractivity contribution in [2.75, 3.05) is 31.7 Å². The van der Waals surface area contributed by atoms with Crippen molar-refractivity contribution in [1.29, 1.82) is 0 Å². The number of ether oxygens (including phenoxy) is 2. The van der Waals surface area contributed by atoms with Gasteiger partial charge in [-0.1, -0.05) is 6.07 Å². The van der Waals surface area contributed by atoms with Crippen LogP contribution < -0.4 is 5.32 Å². The van der Waals surface area contributed by atoms with Gasteiger partial charge in [-0.25, -0.2) is 4.79 Å². The molecule has 6 heteroatoms. The van der Waals surface area contributed by atoms with Crippen molar-refractivity contribution < 1.29 is 24.2 Å². The van der Waals surface area contributed by atoms with Gasteiger partial charge in [-0.05, 0) is 31.5 Å². The summed E-state index contributed by atoms with van der Waals surface area (Å²) in [5, 5.41) is 11.6. The monoisotopic (exact) mass is 281 g/mol. The minimum absolute atomic E-state index is 0.0939. The van der Waals surface area contributed by atoms with Crippen LogP contribution in [0, 0.1) is 6.92 Å². The number of hydrogen-bond donors (Lipinski definition) is 2. The number of anilines is 1. The summed E-state index contributed by atoms with van der Waals surface area (Å²) in [6, 6.07) is 4.73. The van der Waals surface area contributed by atoms with Crippen LogP contribution in [0.15, 0.2) is 18.2 Å². The molecule has 0 saturated heterocycles. The summed E-state index contributed by atoms with van der Waals surface area (Å²) in [6.07, 6.45) is 0. The zero-order valence-corrected chi connectivity index (χ0v) is 11.6. The van der Waals surface area contributed by atoms with E-state index in [0.29, 0.717) is 31.1 Å². The lowest BCUT2D eigenvalue weighted by molar-refractivity contribution is -0.121. The number of carboxylic acid groups (broad SMARTS) is 1. The highest BCUT2D eigenvalue weighted by Gasteiger charge is 2.09. The molecule has 0 radical (unpaired) electrons. The van der Waals surface area contributed by atoms with E-state index in [4.69, 9.17) is 14.6 Å². The summed E-state index contributed by atoms with van der Waals surface area (Å²) in [7, 11) is 0. The second-order valence-corrected chi connectivity index (χ2v) is 4.13. The zero-order valence-electron chi connectivity index (χ0n) is 11.6. The van der Waals surface area contributed by atoms with E-state index in [-0.39, 0.29) is 18.1 Å². The van der Waals surface area contributed by atoms with Gasteiger partial charge in [0.1, 0.15) is 6.61 Å². The van der Waals surface area contributed by atoms with Gasteiger partial charge in [-0.2, -0.15) is 0 Å². The van der Waals surface area contributed by atoms with Crippen molar-refractivity contribution in [2.45, 2.75) is 13.8 Å². The number of hydrogen-bond acceptors (Lipinski definition) is 4. The molecule has 1 aromatic carbocycles. The summed E-state index contributed by atoms with van der Waals surface area (Å²) < 4.78 is 10.2. The molecule has 1 rings (SSSR count). The first-order valence-electron chi connectivity index (χ1n) is 6.34. The molecule has 0 spiro atoms. The fourth-order valence-corrected chi connectivity index (χ4v) is 1.55. The molecule has 1 amide bonds. The molecule has 0 aliphatic rings. The standard InChI is InChI=1S/C14H19NO5/c1-3-19-6-7-20-9-13(16)15-11-5-4-10(2)12(8-11)14(17)18/h4-5,8H,3,6-7,9H2,1-2H3,(H,15,16)(H,17,18). The molecule has 6 nitrogen and oxygen atoms in total. The number of amides is 1. The van der Waals surface area contributed by atoms with E-state index in [2.05, 4.69) is 5.32 Å². The third kappa shape index (κ3) is 5.38. The quantitative estimate of drug-likeness (QED) is 0.708. The fourth-order valence-electron chi connectivity index (χ4n) is 1.55. The lowest BCUT2D eigenvalue weighted by atomic mass is 10.1. The van der Waals surface area contributed by atoms with Crippen LogP contribution in [0.3, 0.4) is 0 Å². The van der Waals surface area contributed by atoms with Crippen LogP contribution in [-0.2, 0) is 14.3 Å². The number of nitrogens with one attached hydrogen (secondary N) is 1. The third-order valence-corrected chi connectivity index (χ3v) is 2.56.